The van der Waals surface area contributed by atoms with Crippen LogP contribution in [0.3, 0.4) is 0 Å². The number of ether oxygens (including phenoxy) is 1. The number of nitrogens with one attached hydrogen (secondary N) is 1. The molecule has 128 valence electrons. The summed E-state index contributed by atoms with van der Waals surface area (Å²) in [6, 6.07) is 8.87. The van der Waals surface area contributed by atoms with Crippen molar-refractivity contribution in [3.8, 4) is 5.75 Å². The molecule has 0 atom stereocenters. The highest BCUT2D eigenvalue weighted by Gasteiger charge is 2.10. The SMILES string of the molecule is CN(CCOc1cccc(Cl)c1)C(=O)CCNC(=O)c1ccsc1. The molecule has 1 heterocycles. The smallest absolute Gasteiger partial charge is 0.252 e. The number of carbonyl (C=O) groups excluding carboxylic acids is 2. The average molecular weight is 367 g/mol. The summed E-state index contributed by atoms with van der Waals surface area (Å²) in [6.45, 7) is 1.15. The maximum absolute atomic E-state index is 12.0. The van der Waals surface area contributed by atoms with Gasteiger partial charge in [-0.1, -0.05) is 17.7 Å². The van der Waals surface area contributed by atoms with Crippen molar-refractivity contribution in [1.29, 1.82) is 0 Å². The molecule has 0 unspecified atom stereocenters. The van der Waals surface area contributed by atoms with Crippen LogP contribution in [0.1, 0.15) is 16.8 Å². The van der Waals surface area contributed by atoms with Crippen LogP contribution >= 0.6 is 22.9 Å². The lowest BCUT2D eigenvalue weighted by Crippen LogP contribution is -2.34. The minimum Gasteiger partial charge on any atom is -0.492 e. The van der Waals surface area contributed by atoms with Crippen molar-refractivity contribution < 1.29 is 14.3 Å². The second-order valence-electron chi connectivity index (χ2n) is 5.14. The molecule has 1 aromatic heterocycles. The second-order valence-corrected chi connectivity index (χ2v) is 6.36. The first-order valence-corrected chi connectivity index (χ1v) is 8.81. The van der Waals surface area contributed by atoms with E-state index in [4.69, 9.17) is 16.3 Å². The van der Waals surface area contributed by atoms with Crippen molar-refractivity contribution in [2.24, 2.45) is 0 Å². The summed E-state index contributed by atoms with van der Waals surface area (Å²) in [4.78, 5) is 25.3. The molecule has 24 heavy (non-hydrogen) atoms. The maximum atomic E-state index is 12.0. The molecule has 1 N–H and O–H groups in total. The van der Waals surface area contributed by atoms with E-state index >= 15 is 0 Å². The van der Waals surface area contributed by atoms with E-state index in [0.29, 0.717) is 36.0 Å². The quantitative estimate of drug-likeness (QED) is 0.781. The molecular weight excluding hydrogens is 348 g/mol. The lowest BCUT2D eigenvalue weighted by molar-refractivity contribution is -0.130. The van der Waals surface area contributed by atoms with Crippen molar-refractivity contribution in [2.45, 2.75) is 6.42 Å². The number of benzene rings is 1. The number of thiophene rings is 1. The first-order chi connectivity index (χ1) is 11.6. The predicted octanol–water partition coefficient (Wildman–Crippen LogP) is 3.06. The van der Waals surface area contributed by atoms with Gasteiger partial charge in [0.05, 0.1) is 6.54 Å². The Morgan fingerprint density at radius 1 is 1.33 bits per heavy atom. The third-order valence-electron chi connectivity index (χ3n) is 3.33. The molecule has 0 saturated carbocycles. The predicted molar refractivity (Wildman–Crippen MR) is 95.9 cm³/mol. The van der Waals surface area contributed by atoms with Crippen LogP contribution in [-0.4, -0.2) is 43.5 Å². The van der Waals surface area contributed by atoms with E-state index in [1.165, 1.54) is 11.3 Å². The van der Waals surface area contributed by atoms with Gasteiger partial charge in [0.1, 0.15) is 12.4 Å². The maximum Gasteiger partial charge on any atom is 0.252 e. The van der Waals surface area contributed by atoms with Gasteiger partial charge < -0.3 is 15.0 Å². The summed E-state index contributed by atoms with van der Waals surface area (Å²) in [5, 5.41) is 6.96. The second kappa shape index (κ2) is 9.30. The summed E-state index contributed by atoms with van der Waals surface area (Å²) in [6.07, 6.45) is 0.254. The van der Waals surface area contributed by atoms with E-state index in [0.717, 1.165) is 0 Å². The molecule has 0 aliphatic rings. The van der Waals surface area contributed by atoms with Crippen molar-refractivity contribution in [3.63, 3.8) is 0 Å². The Morgan fingerprint density at radius 3 is 2.88 bits per heavy atom. The van der Waals surface area contributed by atoms with Gasteiger partial charge in [-0.25, -0.2) is 0 Å². The molecule has 0 radical (unpaired) electrons. The molecule has 5 nitrogen and oxygen atoms in total. The lowest BCUT2D eigenvalue weighted by atomic mass is 10.3. The molecule has 0 aliphatic carbocycles. The Balaban J connectivity index is 1.64. The topological polar surface area (TPSA) is 58.6 Å². The van der Waals surface area contributed by atoms with Crippen molar-refractivity contribution in [2.75, 3.05) is 26.7 Å². The van der Waals surface area contributed by atoms with Gasteiger partial charge in [-0.05, 0) is 29.6 Å². The fraction of sp³-hybridized carbons (Fsp3) is 0.294. The fourth-order valence-corrected chi connectivity index (χ4v) is 2.77. The molecule has 0 fully saturated rings. The van der Waals surface area contributed by atoms with Gasteiger partial charge in [-0.2, -0.15) is 11.3 Å². The fourth-order valence-electron chi connectivity index (χ4n) is 1.95. The summed E-state index contributed by atoms with van der Waals surface area (Å²) in [5.74, 6) is 0.470. The monoisotopic (exact) mass is 366 g/mol. The van der Waals surface area contributed by atoms with Gasteiger partial charge in [0.25, 0.3) is 5.91 Å². The molecule has 0 bridgehead atoms. The number of nitrogens with zero attached hydrogens (tertiary/aromatic N) is 1. The number of hydrogen-bond donors (Lipinski definition) is 1. The highest BCUT2D eigenvalue weighted by atomic mass is 35.5. The van der Waals surface area contributed by atoms with Crippen molar-refractivity contribution in [1.82, 2.24) is 10.2 Å². The third-order valence-corrected chi connectivity index (χ3v) is 4.24. The van der Waals surface area contributed by atoms with Crippen molar-refractivity contribution in [3.05, 3.63) is 51.7 Å². The Hall–Kier alpha value is -2.05. The van der Waals surface area contributed by atoms with E-state index in [-0.39, 0.29) is 18.2 Å². The van der Waals surface area contributed by atoms with Crippen LogP contribution in [0.15, 0.2) is 41.1 Å². The Labute approximate surface area is 150 Å². The first kappa shape index (κ1) is 18.3. The van der Waals surface area contributed by atoms with E-state index in [1.807, 2.05) is 17.5 Å². The molecule has 2 amide bonds. The Kier molecular flexibility index (Phi) is 7.08. The molecule has 0 aliphatic heterocycles. The summed E-state index contributed by atoms with van der Waals surface area (Å²) in [7, 11) is 1.71. The van der Waals surface area contributed by atoms with Crippen LogP contribution in [0.2, 0.25) is 5.02 Å². The zero-order chi connectivity index (χ0) is 17.4. The molecular formula is C17H19ClN2O3S. The normalized spacial score (nSPS) is 10.2. The van der Waals surface area contributed by atoms with Gasteiger partial charge in [0.15, 0.2) is 0 Å². The summed E-state index contributed by atoms with van der Waals surface area (Å²) >= 11 is 7.34. The van der Waals surface area contributed by atoms with E-state index in [1.54, 1.807) is 35.5 Å². The highest BCUT2D eigenvalue weighted by Crippen LogP contribution is 2.16. The third kappa shape index (κ3) is 5.86. The van der Waals surface area contributed by atoms with Crippen LogP contribution in [-0.2, 0) is 4.79 Å². The number of likely N-dealkylation sites (N-methyl/N-ethyl adjacent to an activating group) is 1. The van der Waals surface area contributed by atoms with E-state index in [2.05, 4.69) is 5.32 Å². The Morgan fingerprint density at radius 2 is 2.17 bits per heavy atom. The van der Waals surface area contributed by atoms with Gasteiger partial charge in [0, 0.05) is 36.0 Å². The average Bonchev–Trinajstić information content (AvgIpc) is 3.09. The number of hydrogen-bond acceptors (Lipinski definition) is 4. The van der Waals surface area contributed by atoms with Gasteiger partial charge in [-0.15, -0.1) is 0 Å². The first-order valence-electron chi connectivity index (χ1n) is 7.49. The van der Waals surface area contributed by atoms with Crippen LogP contribution in [0.25, 0.3) is 0 Å². The molecule has 0 saturated heterocycles. The number of rotatable bonds is 8. The highest BCUT2D eigenvalue weighted by molar-refractivity contribution is 7.08. The van der Waals surface area contributed by atoms with Crippen LogP contribution in [0, 0.1) is 0 Å². The molecule has 2 aromatic rings. The minimum absolute atomic E-state index is 0.0460. The zero-order valence-electron chi connectivity index (χ0n) is 13.3. The molecule has 1 aromatic carbocycles. The number of amides is 2. The number of carbonyl (C=O) groups is 2. The van der Waals surface area contributed by atoms with Crippen LogP contribution in [0.4, 0.5) is 0 Å². The summed E-state index contributed by atoms with van der Waals surface area (Å²) < 4.78 is 5.55. The minimum atomic E-state index is -0.156. The van der Waals surface area contributed by atoms with E-state index in [9.17, 15) is 9.59 Å². The van der Waals surface area contributed by atoms with Gasteiger partial charge in [-0.3, -0.25) is 9.59 Å². The van der Waals surface area contributed by atoms with E-state index < -0.39 is 0 Å². The molecule has 2 rings (SSSR count). The van der Waals surface area contributed by atoms with Gasteiger partial charge >= 0.3 is 0 Å². The largest absolute Gasteiger partial charge is 0.492 e. The van der Waals surface area contributed by atoms with Crippen LogP contribution in [0.5, 0.6) is 5.75 Å². The van der Waals surface area contributed by atoms with Gasteiger partial charge in [0.2, 0.25) is 5.91 Å². The lowest BCUT2D eigenvalue weighted by Gasteiger charge is -2.17. The number of halogens is 1. The summed E-state index contributed by atoms with van der Waals surface area (Å²) in [5.41, 5.74) is 0.621. The van der Waals surface area contributed by atoms with Crippen LogP contribution < -0.4 is 10.1 Å². The zero-order valence-corrected chi connectivity index (χ0v) is 14.9. The standard InChI is InChI=1S/C17H19ClN2O3S/c1-20(8-9-23-15-4-2-3-14(18)11-15)16(21)5-7-19-17(22)13-6-10-24-12-13/h2-4,6,10-12H,5,7-9H2,1H3,(H,19,22). The van der Waals surface area contributed by atoms with Crippen molar-refractivity contribution >= 4 is 34.8 Å². The Bertz CT molecular complexity index is 676. The molecule has 0 spiro atoms. The molecule has 7 heteroatoms.